The van der Waals surface area contributed by atoms with Gasteiger partial charge in [0.25, 0.3) is 0 Å². The van der Waals surface area contributed by atoms with Gasteiger partial charge in [-0.2, -0.15) is 0 Å². The highest BCUT2D eigenvalue weighted by molar-refractivity contribution is 7.17. The molecule has 2 aromatic rings. The third-order valence-electron chi connectivity index (χ3n) is 3.15. The Hall–Kier alpha value is -0.940. The van der Waals surface area contributed by atoms with Crippen LogP contribution in [0.4, 0.5) is 0 Å². The fourth-order valence-corrected chi connectivity index (χ4v) is 3.15. The standard InChI is InChI=1S/C14H18O3S/c1-14(15,9-12(16-2)17-3)11-6-4-5-10-7-8-18-13(10)11/h4-8,12,15H,9H2,1-3H3. The SMILES string of the molecule is COC(CC(C)(O)c1cccc2ccsc12)OC. The van der Waals surface area contributed by atoms with Gasteiger partial charge in [0.2, 0.25) is 0 Å². The molecule has 1 heterocycles. The number of methoxy groups -OCH3 is 2. The highest BCUT2D eigenvalue weighted by Crippen LogP contribution is 2.35. The van der Waals surface area contributed by atoms with E-state index in [9.17, 15) is 5.11 Å². The quantitative estimate of drug-likeness (QED) is 0.845. The van der Waals surface area contributed by atoms with Gasteiger partial charge < -0.3 is 14.6 Å². The molecule has 0 aliphatic carbocycles. The first-order chi connectivity index (χ1) is 8.58. The van der Waals surface area contributed by atoms with Crippen molar-refractivity contribution in [1.82, 2.24) is 0 Å². The van der Waals surface area contributed by atoms with Crippen molar-refractivity contribution in [3.8, 4) is 0 Å². The van der Waals surface area contributed by atoms with Crippen LogP contribution in [-0.2, 0) is 15.1 Å². The lowest BCUT2D eigenvalue weighted by atomic mass is 9.91. The van der Waals surface area contributed by atoms with Crippen molar-refractivity contribution < 1.29 is 14.6 Å². The summed E-state index contributed by atoms with van der Waals surface area (Å²) in [7, 11) is 3.16. The van der Waals surface area contributed by atoms with Gasteiger partial charge in [-0.15, -0.1) is 11.3 Å². The van der Waals surface area contributed by atoms with Crippen LogP contribution in [0.25, 0.3) is 10.1 Å². The molecule has 1 aromatic carbocycles. The van der Waals surface area contributed by atoms with Gasteiger partial charge in [-0.3, -0.25) is 0 Å². The molecule has 1 aromatic heterocycles. The Morgan fingerprint density at radius 2 is 2.00 bits per heavy atom. The number of ether oxygens (including phenoxy) is 2. The van der Waals surface area contributed by atoms with Gasteiger partial charge in [0.1, 0.15) is 0 Å². The zero-order valence-corrected chi connectivity index (χ0v) is 11.7. The van der Waals surface area contributed by atoms with Crippen LogP contribution in [-0.4, -0.2) is 25.6 Å². The Morgan fingerprint density at radius 1 is 1.28 bits per heavy atom. The third kappa shape index (κ3) is 2.57. The summed E-state index contributed by atoms with van der Waals surface area (Å²) in [6.45, 7) is 1.80. The van der Waals surface area contributed by atoms with Crippen molar-refractivity contribution in [2.24, 2.45) is 0 Å². The molecule has 0 saturated carbocycles. The van der Waals surface area contributed by atoms with Gasteiger partial charge in [-0.05, 0) is 23.8 Å². The zero-order valence-electron chi connectivity index (χ0n) is 10.8. The van der Waals surface area contributed by atoms with E-state index in [2.05, 4.69) is 12.1 Å². The molecule has 1 atom stereocenters. The summed E-state index contributed by atoms with van der Waals surface area (Å²) >= 11 is 1.64. The van der Waals surface area contributed by atoms with Crippen LogP contribution >= 0.6 is 11.3 Å². The van der Waals surface area contributed by atoms with Crippen LogP contribution in [0.5, 0.6) is 0 Å². The second-order valence-electron chi connectivity index (χ2n) is 4.52. The summed E-state index contributed by atoms with van der Waals surface area (Å²) in [5.74, 6) is 0. The lowest BCUT2D eigenvalue weighted by Crippen LogP contribution is -2.29. The van der Waals surface area contributed by atoms with Gasteiger partial charge in [0, 0.05) is 30.9 Å². The number of hydrogen-bond donors (Lipinski definition) is 1. The van der Waals surface area contributed by atoms with Crippen LogP contribution in [0.2, 0.25) is 0 Å². The van der Waals surface area contributed by atoms with Crippen molar-refractivity contribution >= 4 is 21.4 Å². The van der Waals surface area contributed by atoms with Crippen LogP contribution < -0.4 is 0 Å². The van der Waals surface area contributed by atoms with Crippen LogP contribution in [0, 0.1) is 0 Å². The van der Waals surface area contributed by atoms with E-state index in [0.717, 1.165) is 15.6 Å². The van der Waals surface area contributed by atoms with E-state index >= 15 is 0 Å². The Balaban J connectivity index is 2.36. The minimum Gasteiger partial charge on any atom is -0.385 e. The Bertz CT molecular complexity index is 514. The molecular weight excluding hydrogens is 248 g/mol. The minimum absolute atomic E-state index is 0.400. The second-order valence-corrected chi connectivity index (χ2v) is 5.44. The summed E-state index contributed by atoms with van der Waals surface area (Å²) in [6.07, 6.45) is -0.00739. The van der Waals surface area contributed by atoms with Crippen molar-refractivity contribution in [3.05, 3.63) is 35.2 Å². The number of hydrogen-bond acceptors (Lipinski definition) is 4. The number of rotatable bonds is 5. The molecule has 0 saturated heterocycles. The van der Waals surface area contributed by atoms with E-state index in [0.29, 0.717) is 6.42 Å². The summed E-state index contributed by atoms with van der Waals surface area (Å²) in [6, 6.07) is 8.04. The van der Waals surface area contributed by atoms with Gasteiger partial charge in [-0.25, -0.2) is 0 Å². The Labute approximate surface area is 111 Å². The lowest BCUT2D eigenvalue weighted by molar-refractivity contribution is -0.141. The molecule has 0 fully saturated rings. The average molecular weight is 266 g/mol. The molecule has 18 heavy (non-hydrogen) atoms. The van der Waals surface area contributed by atoms with Crippen molar-refractivity contribution in [3.63, 3.8) is 0 Å². The van der Waals surface area contributed by atoms with Crippen molar-refractivity contribution in [2.45, 2.75) is 25.2 Å². The molecule has 0 amide bonds. The van der Waals surface area contributed by atoms with E-state index in [1.54, 1.807) is 32.5 Å². The summed E-state index contributed by atoms with van der Waals surface area (Å²) in [5.41, 5.74) is -0.0461. The van der Waals surface area contributed by atoms with Crippen molar-refractivity contribution in [2.75, 3.05) is 14.2 Å². The maximum absolute atomic E-state index is 10.7. The summed E-state index contributed by atoms with van der Waals surface area (Å²) in [4.78, 5) is 0. The zero-order chi connectivity index (χ0) is 13.2. The van der Waals surface area contributed by atoms with E-state index in [-0.39, 0.29) is 0 Å². The molecule has 0 bridgehead atoms. The van der Waals surface area contributed by atoms with Gasteiger partial charge in [-0.1, -0.05) is 18.2 Å². The van der Waals surface area contributed by atoms with Crippen molar-refractivity contribution in [1.29, 1.82) is 0 Å². The summed E-state index contributed by atoms with van der Waals surface area (Å²) in [5, 5.41) is 13.9. The van der Waals surface area contributed by atoms with E-state index in [4.69, 9.17) is 9.47 Å². The monoisotopic (exact) mass is 266 g/mol. The first-order valence-corrected chi connectivity index (χ1v) is 6.71. The molecule has 0 spiro atoms. The lowest BCUT2D eigenvalue weighted by Gasteiger charge is -2.28. The highest BCUT2D eigenvalue weighted by Gasteiger charge is 2.29. The fraction of sp³-hybridized carbons (Fsp3) is 0.429. The maximum Gasteiger partial charge on any atom is 0.159 e. The second kappa shape index (κ2) is 5.36. The molecule has 0 aliphatic rings. The molecule has 98 valence electrons. The third-order valence-corrected chi connectivity index (χ3v) is 4.11. The van der Waals surface area contributed by atoms with Crippen LogP contribution in [0.3, 0.4) is 0 Å². The average Bonchev–Trinajstić information content (AvgIpc) is 2.83. The van der Waals surface area contributed by atoms with E-state index < -0.39 is 11.9 Å². The fourth-order valence-electron chi connectivity index (χ4n) is 2.11. The number of thiophene rings is 1. The molecule has 3 nitrogen and oxygen atoms in total. The van der Waals surface area contributed by atoms with Gasteiger partial charge in [0.15, 0.2) is 6.29 Å². The highest BCUT2D eigenvalue weighted by atomic mass is 32.1. The molecule has 4 heteroatoms. The smallest absolute Gasteiger partial charge is 0.159 e. The predicted molar refractivity (Wildman–Crippen MR) is 73.8 cm³/mol. The van der Waals surface area contributed by atoms with Crippen LogP contribution in [0.15, 0.2) is 29.6 Å². The molecule has 1 unspecified atom stereocenters. The first-order valence-electron chi connectivity index (χ1n) is 5.83. The molecule has 1 N–H and O–H groups in total. The largest absolute Gasteiger partial charge is 0.385 e. The molecule has 2 rings (SSSR count). The minimum atomic E-state index is -0.971. The Morgan fingerprint density at radius 3 is 2.67 bits per heavy atom. The first kappa shape index (κ1) is 13.5. The normalized spacial score (nSPS) is 15.2. The van der Waals surface area contributed by atoms with Gasteiger partial charge in [0.05, 0.1) is 5.60 Å². The topological polar surface area (TPSA) is 38.7 Å². The predicted octanol–water partition coefficient (Wildman–Crippen LogP) is 3.12. The Kier molecular flexibility index (Phi) is 4.02. The molecular formula is C14H18O3S. The van der Waals surface area contributed by atoms with E-state index in [1.807, 2.05) is 17.5 Å². The van der Waals surface area contributed by atoms with E-state index in [1.165, 1.54) is 0 Å². The number of benzene rings is 1. The number of fused-ring (bicyclic) bond motifs is 1. The van der Waals surface area contributed by atoms with Crippen LogP contribution in [0.1, 0.15) is 18.9 Å². The summed E-state index contributed by atoms with van der Waals surface area (Å²) < 4.78 is 11.5. The van der Waals surface area contributed by atoms with Gasteiger partial charge >= 0.3 is 0 Å². The molecule has 0 radical (unpaired) electrons. The molecule has 0 aliphatic heterocycles. The number of aliphatic hydroxyl groups is 1. The maximum atomic E-state index is 10.7.